The Balaban J connectivity index is 3.43. The molecule has 4 heteroatoms. The van der Waals surface area contributed by atoms with Gasteiger partial charge in [0.2, 0.25) is 0 Å². The summed E-state index contributed by atoms with van der Waals surface area (Å²) in [4.78, 5) is 0. The van der Waals surface area contributed by atoms with Crippen molar-refractivity contribution < 1.29 is 19.7 Å². The molecule has 1 rings (SSSR count). The first-order valence-electron chi connectivity index (χ1n) is 7.13. The predicted molar refractivity (Wildman–Crippen MR) is 81.2 cm³/mol. The average Bonchev–Trinajstić information content (AvgIpc) is 2.33. The molecule has 0 fully saturated rings. The highest BCUT2D eigenvalue weighted by Gasteiger charge is 2.51. The number of aliphatic hydroxyl groups excluding tert-OH is 2. The van der Waals surface area contributed by atoms with Crippen molar-refractivity contribution in [2.24, 2.45) is 5.41 Å². The molecule has 3 atom stereocenters. The average molecular weight is 296 g/mol. The van der Waals surface area contributed by atoms with Crippen LogP contribution in [0.3, 0.4) is 0 Å². The lowest BCUT2D eigenvalue weighted by atomic mass is 9.62. The Morgan fingerprint density at radius 3 is 2.57 bits per heavy atom. The van der Waals surface area contributed by atoms with Crippen molar-refractivity contribution in [1.82, 2.24) is 0 Å². The van der Waals surface area contributed by atoms with Crippen molar-refractivity contribution in [3.63, 3.8) is 0 Å². The summed E-state index contributed by atoms with van der Waals surface area (Å²) in [5.41, 5.74) is -0.982. The highest BCUT2D eigenvalue weighted by atomic mass is 19.1. The summed E-state index contributed by atoms with van der Waals surface area (Å²) in [5, 5.41) is 30.0. The topological polar surface area (TPSA) is 60.7 Å². The summed E-state index contributed by atoms with van der Waals surface area (Å²) in [6.07, 6.45) is -0.463. The van der Waals surface area contributed by atoms with Gasteiger partial charge in [-0.1, -0.05) is 25.7 Å². The van der Waals surface area contributed by atoms with E-state index >= 15 is 0 Å². The number of hydrogen-bond donors (Lipinski definition) is 3. The van der Waals surface area contributed by atoms with E-state index in [4.69, 9.17) is 5.11 Å². The van der Waals surface area contributed by atoms with Gasteiger partial charge in [-0.05, 0) is 50.0 Å². The quantitative estimate of drug-likeness (QED) is 0.540. The largest absolute Gasteiger partial charge is 0.392 e. The molecule has 0 aromatic carbocycles. The SMILES string of the molecule is CC(C#CC1(O)C(C)=C(C(C)F)C(O)CC1(C)C)=CCO. The number of allylic oxidation sites excluding steroid dienone is 1. The number of aliphatic hydroxyl groups is 3. The summed E-state index contributed by atoms with van der Waals surface area (Å²) in [5.74, 6) is 5.64. The molecule has 0 aliphatic heterocycles. The van der Waals surface area contributed by atoms with E-state index in [1.807, 2.05) is 0 Å². The summed E-state index contributed by atoms with van der Waals surface area (Å²) >= 11 is 0. The van der Waals surface area contributed by atoms with Crippen molar-refractivity contribution in [3.8, 4) is 11.8 Å². The van der Waals surface area contributed by atoms with Gasteiger partial charge in [-0.25, -0.2) is 4.39 Å². The summed E-state index contributed by atoms with van der Waals surface area (Å²) < 4.78 is 13.8. The Kier molecular flexibility index (Phi) is 5.38. The van der Waals surface area contributed by atoms with Gasteiger partial charge in [0.1, 0.15) is 6.17 Å². The lowest BCUT2D eigenvalue weighted by molar-refractivity contribution is -0.0305. The molecule has 0 saturated heterocycles. The summed E-state index contributed by atoms with van der Waals surface area (Å²) in [6, 6.07) is 0. The summed E-state index contributed by atoms with van der Waals surface area (Å²) in [7, 11) is 0. The minimum atomic E-state index is -1.51. The van der Waals surface area contributed by atoms with Crippen molar-refractivity contribution in [1.29, 1.82) is 0 Å². The second-order valence-corrected chi connectivity index (χ2v) is 6.33. The molecule has 0 bridgehead atoms. The van der Waals surface area contributed by atoms with Crippen LogP contribution < -0.4 is 0 Å². The first-order valence-corrected chi connectivity index (χ1v) is 7.13. The summed E-state index contributed by atoms with van der Waals surface area (Å²) in [6.45, 7) is 8.19. The van der Waals surface area contributed by atoms with Crippen molar-refractivity contribution in [2.45, 2.75) is 58.9 Å². The number of hydrogen-bond acceptors (Lipinski definition) is 3. The maximum atomic E-state index is 13.8. The van der Waals surface area contributed by atoms with E-state index in [-0.39, 0.29) is 18.6 Å². The Morgan fingerprint density at radius 1 is 1.52 bits per heavy atom. The second kappa shape index (κ2) is 6.31. The van der Waals surface area contributed by atoms with E-state index in [0.29, 0.717) is 11.1 Å². The Labute approximate surface area is 126 Å². The maximum absolute atomic E-state index is 13.8. The highest BCUT2D eigenvalue weighted by Crippen LogP contribution is 2.47. The van der Waals surface area contributed by atoms with E-state index in [1.54, 1.807) is 33.8 Å². The van der Waals surface area contributed by atoms with Crippen LogP contribution in [0, 0.1) is 17.3 Å². The van der Waals surface area contributed by atoms with Crippen molar-refractivity contribution in [3.05, 3.63) is 22.8 Å². The third-order valence-electron chi connectivity index (χ3n) is 4.28. The minimum absolute atomic E-state index is 0.122. The van der Waals surface area contributed by atoms with E-state index in [9.17, 15) is 14.6 Å². The van der Waals surface area contributed by atoms with Crippen molar-refractivity contribution >= 4 is 0 Å². The van der Waals surface area contributed by atoms with Gasteiger partial charge in [0.05, 0.1) is 12.7 Å². The van der Waals surface area contributed by atoms with Crippen LogP contribution in [0.4, 0.5) is 4.39 Å². The van der Waals surface area contributed by atoms with Gasteiger partial charge in [0.25, 0.3) is 0 Å². The van der Waals surface area contributed by atoms with Crippen LogP contribution in [-0.2, 0) is 0 Å². The smallest absolute Gasteiger partial charge is 0.152 e. The zero-order valence-electron chi connectivity index (χ0n) is 13.4. The highest BCUT2D eigenvalue weighted by molar-refractivity contribution is 5.45. The Bertz CT molecular complexity index is 520. The standard InChI is InChI=1S/C17H25FO3/c1-11(7-9-19)6-8-17(21)12(2)15(13(3)18)14(20)10-16(17,4)5/h7,13-14,19-21H,9-10H2,1-5H3. The third kappa shape index (κ3) is 3.37. The molecule has 1 aliphatic rings. The molecule has 0 amide bonds. The molecule has 3 unspecified atom stereocenters. The first kappa shape index (κ1) is 17.9. The normalized spacial score (nSPS) is 30.7. The molecule has 1 aliphatic carbocycles. The second-order valence-electron chi connectivity index (χ2n) is 6.33. The van der Waals surface area contributed by atoms with E-state index in [0.717, 1.165) is 0 Å². The van der Waals surface area contributed by atoms with Gasteiger partial charge in [-0.2, -0.15) is 0 Å². The molecule has 0 aromatic rings. The molecule has 3 nitrogen and oxygen atoms in total. The van der Waals surface area contributed by atoms with E-state index < -0.39 is 23.3 Å². The van der Waals surface area contributed by atoms with Crippen LogP contribution in [0.1, 0.15) is 41.0 Å². The van der Waals surface area contributed by atoms with Gasteiger partial charge in [0.15, 0.2) is 5.60 Å². The number of halogens is 1. The molecule has 118 valence electrons. The molecule has 3 N–H and O–H groups in total. The van der Waals surface area contributed by atoms with E-state index in [1.165, 1.54) is 6.92 Å². The Morgan fingerprint density at radius 2 is 2.10 bits per heavy atom. The van der Waals surface area contributed by atoms with Gasteiger partial charge in [-0.3, -0.25) is 0 Å². The predicted octanol–water partition coefficient (Wildman–Crippen LogP) is 2.12. The molecule has 0 saturated carbocycles. The van der Waals surface area contributed by atoms with Crippen LogP contribution >= 0.6 is 0 Å². The lowest BCUT2D eigenvalue weighted by Gasteiger charge is -2.47. The van der Waals surface area contributed by atoms with E-state index in [2.05, 4.69) is 11.8 Å². The zero-order chi connectivity index (χ0) is 16.4. The third-order valence-corrected chi connectivity index (χ3v) is 4.28. The van der Waals surface area contributed by atoms with Gasteiger partial charge >= 0.3 is 0 Å². The lowest BCUT2D eigenvalue weighted by Crippen LogP contribution is -2.52. The molecule has 0 radical (unpaired) electrons. The van der Waals surface area contributed by atoms with Gasteiger partial charge < -0.3 is 15.3 Å². The van der Waals surface area contributed by atoms with Crippen LogP contribution in [0.5, 0.6) is 0 Å². The number of rotatable bonds is 2. The fourth-order valence-corrected chi connectivity index (χ4v) is 2.91. The fourth-order valence-electron chi connectivity index (χ4n) is 2.91. The van der Waals surface area contributed by atoms with Gasteiger partial charge in [0, 0.05) is 5.41 Å². The number of alkyl halides is 1. The molecule has 0 heterocycles. The van der Waals surface area contributed by atoms with Crippen LogP contribution in [-0.4, -0.2) is 39.8 Å². The molecule has 21 heavy (non-hydrogen) atoms. The van der Waals surface area contributed by atoms with Crippen LogP contribution in [0.2, 0.25) is 0 Å². The zero-order valence-corrected chi connectivity index (χ0v) is 13.4. The first-order chi connectivity index (χ1) is 9.56. The Hall–Kier alpha value is -1.15. The minimum Gasteiger partial charge on any atom is -0.392 e. The molecule has 0 aromatic heterocycles. The van der Waals surface area contributed by atoms with Gasteiger partial charge in [-0.15, -0.1) is 0 Å². The fraction of sp³-hybridized carbons (Fsp3) is 0.647. The van der Waals surface area contributed by atoms with Crippen molar-refractivity contribution in [2.75, 3.05) is 6.61 Å². The molecular weight excluding hydrogens is 271 g/mol. The van der Waals surface area contributed by atoms with Crippen LogP contribution in [0.15, 0.2) is 22.8 Å². The maximum Gasteiger partial charge on any atom is 0.152 e. The monoisotopic (exact) mass is 296 g/mol. The molecular formula is C17H25FO3. The van der Waals surface area contributed by atoms with Crippen LogP contribution in [0.25, 0.3) is 0 Å². The molecule has 0 spiro atoms.